The summed E-state index contributed by atoms with van der Waals surface area (Å²) in [4.78, 5) is 0. The molecule has 130 valence electrons. The predicted molar refractivity (Wildman–Crippen MR) is 99.5 cm³/mol. The number of nitrogens with zero attached hydrogens (tertiary/aromatic N) is 3. The second-order valence-electron chi connectivity index (χ2n) is 7.33. The number of hydrogen-bond donors (Lipinski definition) is 3. The largest absolute Gasteiger partial charge is 0.314 e. The lowest BCUT2D eigenvalue weighted by atomic mass is 10.1. The maximum absolute atomic E-state index is 6.42. The zero-order valence-corrected chi connectivity index (χ0v) is 18.0. The third-order valence-corrected chi connectivity index (χ3v) is 13.7. The summed E-state index contributed by atoms with van der Waals surface area (Å²) in [6.07, 6.45) is 0. The van der Waals surface area contributed by atoms with Gasteiger partial charge in [-0.05, 0) is 64.0 Å². The lowest BCUT2D eigenvalue weighted by Crippen LogP contribution is -2.42. The molecule has 1 atom stereocenters. The topological polar surface area (TPSA) is 82.4 Å². The molecule has 0 aromatic heterocycles. The van der Waals surface area contributed by atoms with Gasteiger partial charge in [0.1, 0.15) is 0 Å². The Hall–Kier alpha value is 1.11. The van der Waals surface area contributed by atoms with Crippen molar-refractivity contribution >= 4 is 43.5 Å². The minimum Gasteiger partial charge on any atom is -0.314 e. The number of halogens is 2. The number of hydrogen-bond acceptors (Lipinski definition) is 7. The molecule has 0 amide bonds. The zero-order chi connectivity index (χ0) is 16.9. The van der Waals surface area contributed by atoms with Crippen LogP contribution in [0, 0.1) is 0 Å². The van der Waals surface area contributed by atoms with E-state index in [0.717, 1.165) is 0 Å². The minimum atomic E-state index is -2.86. The van der Waals surface area contributed by atoms with E-state index in [1.807, 2.05) is 0 Å². The van der Waals surface area contributed by atoms with E-state index in [1.165, 1.54) is 0 Å². The maximum atomic E-state index is 6.42. The normalized spacial score (nSPS) is 30.5. The minimum absolute atomic E-state index is 0.214. The van der Waals surface area contributed by atoms with Crippen LogP contribution in [0.4, 0.5) is 0 Å². The molecule has 0 aromatic rings. The third kappa shape index (κ3) is 5.31. The molecular weight excluding hydrogens is 384 g/mol. The van der Waals surface area contributed by atoms with E-state index >= 15 is 0 Å². The monoisotopic (exact) mass is 408 g/mol. The zero-order valence-electron chi connectivity index (χ0n) is 13.8. The van der Waals surface area contributed by atoms with Crippen molar-refractivity contribution in [2.24, 2.45) is 13.5 Å². The lowest BCUT2D eigenvalue weighted by molar-refractivity contribution is 0.393. The second kappa shape index (κ2) is 6.12. The van der Waals surface area contributed by atoms with Crippen LogP contribution in [-0.4, -0.2) is 24.2 Å². The van der Waals surface area contributed by atoms with Crippen molar-refractivity contribution in [1.82, 2.24) is 15.3 Å². The average Bonchev–Trinajstić information content (AvgIpc) is 2.54. The van der Waals surface area contributed by atoms with Crippen LogP contribution in [0.25, 0.3) is 0 Å². The molecule has 0 saturated carbocycles. The summed E-state index contributed by atoms with van der Waals surface area (Å²) >= 11 is 12.8. The lowest BCUT2D eigenvalue weighted by Gasteiger charge is -2.38. The highest BCUT2D eigenvalue weighted by Crippen LogP contribution is 2.80. The molecular formula is C10H25Cl2N6OP3. The van der Waals surface area contributed by atoms with E-state index in [-0.39, 0.29) is 11.1 Å². The van der Waals surface area contributed by atoms with Gasteiger partial charge in [0.2, 0.25) is 7.51 Å². The molecule has 12 heteroatoms. The van der Waals surface area contributed by atoms with Crippen LogP contribution in [0.3, 0.4) is 0 Å². The van der Waals surface area contributed by atoms with Crippen molar-refractivity contribution in [3.05, 3.63) is 0 Å². The molecule has 1 spiro atoms. The molecule has 2 aliphatic rings. The Morgan fingerprint density at radius 3 is 1.91 bits per heavy atom. The van der Waals surface area contributed by atoms with Gasteiger partial charge in [0.05, 0.1) is 6.61 Å². The van der Waals surface area contributed by atoms with Crippen LogP contribution >= 0.6 is 43.5 Å². The molecule has 0 bridgehead atoms. The fourth-order valence-electron chi connectivity index (χ4n) is 2.11. The van der Waals surface area contributed by atoms with Crippen LogP contribution in [0.5, 0.6) is 0 Å². The van der Waals surface area contributed by atoms with Gasteiger partial charge in [-0.15, -0.1) is 0 Å². The summed E-state index contributed by atoms with van der Waals surface area (Å²) in [5.41, 5.74) is -0.429. The predicted octanol–water partition coefficient (Wildman–Crippen LogP) is 5.71. The maximum Gasteiger partial charge on any atom is 0.279 e. The van der Waals surface area contributed by atoms with Crippen molar-refractivity contribution in [1.29, 1.82) is 0 Å². The van der Waals surface area contributed by atoms with Crippen molar-refractivity contribution in [3.8, 4) is 0 Å². The Morgan fingerprint density at radius 2 is 1.50 bits per heavy atom. The first-order valence-electron chi connectivity index (χ1n) is 7.03. The Morgan fingerprint density at radius 1 is 0.955 bits per heavy atom. The van der Waals surface area contributed by atoms with Crippen molar-refractivity contribution in [2.75, 3.05) is 13.2 Å². The summed E-state index contributed by atoms with van der Waals surface area (Å²) in [6, 6.07) is 0. The van der Waals surface area contributed by atoms with Crippen LogP contribution in [0.15, 0.2) is 13.5 Å². The second-order valence-corrected chi connectivity index (χ2v) is 17.1. The van der Waals surface area contributed by atoms with Gasteiger partial charge >= 0.3 is 0 Å². The van der Waals surface area contributed by atoms with E-state index in [1.54, 1.807) is 0 Å². The van der Waals surface area contributed by atoms with E-state index < -0.39 is 21.0 Å². The summed E-state index contributed by atoms with van der Waals surface area (Å²) in [7, 11) is -5.11. The summed E-state index contributed by atoms with van der Waals surface area (Å²) < 4.78 is 19.8. The van der Waals surface area contributed by atoms with Gasteiger partial charge in [-0.2, -0.15) is 13.5 Å². The van der Waals surface area contributed by atoms with Crippen molar-refractivity contribution < 1.29 is 4.52 Å². The first-order valence-corrected chi connectivity index (χ1v) is 13.8. The molecule has 2 aliphatic heterocycles. The molecule has 7 nitrogen and oxygen atoms in total. The fourth-order valence-corrected chi connectivity index (χ4v) is 15.1. The van der Waals surface area contributed by atoms with E-state index in [0.29, 0.717) is 13.2 Å². The molecule has 2 heterocycles. The van der Waals surface area contributed by atoms with Crippen LogP contribution in [-0.2, 0) is 4.52 Å². The van der Waals surface area contributed by atoms with Gasteiger partial charge < -0.3 is 4.52 Å². The Balaban J connectivity index is 2.64. The molecule has 2 rings (SSSR count). The highest BCUT2D eigenvalue weighted by atomic mass is 35.9. The molecule has 1 saturated heterocycles. The van der Waals surface area contributed by atoms with Gasteiger partial charge in [-0.3, -0.25) is 0 Å². The molecule has 1 fully saturated rings. The third-order valence-electron chi connectivity index (χ3n) is 2.39. The molecule has 3 N–H and O–H groups in total. The smallest absolute Gasteiger partial charge is 0.279 e. The van der Waals surface area contributed by atoms with Gasteiger partial charge in [0, 0.05) is 17.6 Å². The molecule has 1 unspecified atom stereocenters. The molecule has 0 aliphatic carbocycles. The summed E-state index contributed by atoms with van der Waals surface area (Å²) in [5.74, 6) is -2.86. The van der Waals surface area contributed by atoms with Crippen LogP contribution in [0.2, 0.25) is 0 Å². The van der Waals surface area contributed by atoms with Gasteiger partial charge in [-0.25, -0.2) is 15.3 Å². The fraction of sp³-hybridized carbons (Fsp3) is 1.00. The van der Waals surface area contributed by atoms with Crippen LogP contribution < -0.4 is 15.3 Å². The SMILES string of the molecule is CC(C)(C)NP1(NC(C)(C)C)=NP(Cl)(Cl)=NP2(=N1)NCCO2. The molecule has 0 radical (unpaired) electrons. The first kappa shape index (κ1) is 19.4. The highest BCUT2D eigenvalue weighted by Gasteiger charge is 2.41. The van der Waals surface area contributed by atoms with Gasteiger partial charge in [0.25, 0.3) is 13.5 Å². The Kier molecular flexibility index (Phi) is 5.41. The summed E-state index contributed by atoms with van der Waals surface area (Å²) in [5, 5.41) is 10.3. The quantitative estimate of drug-likeness (QED) is 0.510. The summed E-state index contributed by atoms with van der Waals surface area (Å²) in [6.45, 7) is 13.6. The highest BCUT2D eigenvalue weighted by molar-refractivity contribution is 8.13. The van der Waals surface area contributed by atoms with Crippen LogP contribution in [0.1, 0.15) is 41.5 Å². The number of nitrogens with one attached hydrogen (secondary N) is 3. The first-order chi connectivity index (χ1) is 9.74. The van der Waals surface area contributed by atoms with E-state index in [2.05, 4.69) is 65.8 Å². The van der Waals surface area contributed by atoms with E-state index in [9.17, 15) is 0 Å². The molecule has 22 heavy (non-hydrogen) atoms. The van der Waals surface area contributed by atoms with Crippen molar-refractivity contribution in [3.63, 3.8) is 0 Å². The van der Waals surface area contributed by atoms with Gasteiger partial charge in [-0.1, -0.05) is 0 Å². The molecule has 0 aromatic carbocycles. The number of rotatable bonds is 2. The Bertz CT molecular complexity index is 585. The van der Waals surface area contributed by atoms with E-state index in [4.69, 9.17) is 31.5 Å². The average molecular weight is 409 g/mol. The van der Waals surface area contributed by atoms with Gasteiger partial charge in [0.15, 0.2) is 0 Å². The van der Waals surface area contributed by atoms with Crippen molar-refractivity contribution in [2.45, 2.75) is 52.6 Å². The Labute approximate surface area is 142 Å². The standard InChI is InChI=1S/C10H25Cl2N6OP3/c1-9(2,3)14-21(15-10(4,5)6)16-20(11,12)17-22(18-21)13-7-8-19-22/h13-15H,7-8H2,1-6H3.